The van der Waals surface area contributed by atoms with Crippen molar-refractivity contribution < 1.29 is 4.39 Å². The number of rotatable bonds is 7. The first-order valence-corrected chi connectivity index (χ1v) is 10.5. The topological polar surface area (TPSA) is 92.0 Å². The molecule has 1 aromatic carbocycles. The third kappa shape index (κ3) is 5.46. The molecule has 1 aliphatic rings. The van der Waals surface area contributed by atoms with Crippen LogP contribution in [0.25, 0.3) is 10.9 Å². The van der Waals surface area contributed by atoms with Crippen molar-refractivity contribution in [3.05, 3.63) is 52.1 Å². The zero-order chi connectivity index (χ0) is 20.9. The molecule has 3 N–H and O–H groups in total. The maximum atomic E-state index is 13.5. The molecule has 0 fully saturated rings. The minimum absolute atomic E-state index is 0. The largest absolute Gasteiger partial charge is 0.361 e. The average Bonchev–Trinajstić information content (AvgIpc) is 3.30. The van der Waals surface area contributed by atoms with Crippen LogP contribution in [-0.4, -0.2) is 45.4 Å². The molecular formula is C21H29FIN7O. The van der Waals surface area contributed by atoms with Gasteiger partial charge < -0.3 is 15.6 Å². The lowest BCUT2D eigenvalue weighted by Crippen LogP contribution is -2.39. The van der Waals surface area contributed by atoms with Crippen LogP contribution in [-0.2, 0) is 25.9 Å². The number of aryl methyl sites for hydroxylation is 2. The second-order valence-electron chi connectivity index (χ2n) is 7.56. The van der Waals surface area contributed by atoms with E-state index in [1.807, 2.05) is 6.20 Å². The predicted molar refractivity (Wildman–Crippen MR) is 131 cm³/mol. The van der Waals surface area contributed by atoms with Gasteiger partial charge in [-0.2, -0.15) is 5.10 Å². The van der Waals surface area contributed by atoms with E-state index >= 15 is 0 Å². The highest BCUT2D eigenvalue weighted by atomic mass is 127. The van der Waals surface area contributed by atoms with Gasteiger partial charge in [0.05, 0.1) is 0 Å². The van der Waals surface area contributed by atoms with Gasteiger partial charge in [-0.1, -0.05) is 0 Å². The van der Waals surface area contributed by atoms with Gasteiger partial charge in [0.15, 0.2) is 5.96 Å². The number of guanidine groups is 1. The van der Waals surface area contributed by atoms with Crippen LogP contribution in [0.1, 0.15) is 30.7 Å². The van der Waals surface area contributed by atoms with Gasteiger partial charge in [0, 0.05) is 56.7 Å². The Bertz CT molecular complexity index is 1100. The summed E-state index contributed by atoms with van der Waals surface area (Å²) in [5, 5.41) is 11.9. The van der Waals surface area contributed by atoms with Crippen LogP contribution in [0.5, 0.6) is 0 Å². The summed E-state index contributed by atoms with van der Waals surface area (Å²) in [7, 11) is 1.73. The Labute approximate surface area is 197 Å². The lowest BCUT2D eigenvalue weighted by atomic mass is 10.1. The second-order valence-corrected chi connectivity index (χ2v) is 7.56. The summed E-state index contributed by atoms with van der Waals surface area (Å²) in [5.74, 6) is 1.39. The Morgan fingerprint density at radius 2 is 2.13 bits per heavy atom. The molecule has 31 heavy (non-hydrogen) atoms. The van der Waals surface area contributed by atoms with Gasteiger partial charge in [-0.15, -0.1) is 24.0 Å². The average molecular weight is 541 g/mol. The molecule has 0 saturated carbocycles. The minimum atomic E-state index is -0.230. The van der Waals surface area contributed by atoms with E-state index in [1.165, 1.54) is 6.07 Å². The highest BCUT2D eigenvalue weighted by Crippen LogP contribution is 2.19. The number of benzene rings is 1. The highest BCUT2D eigenvalue weighted by Gasteiger charge is 2.16. The van der Waals surface area contributed by atoms with Crippen molar-refractivity contribution in [3.63, 3.8) is 0 Å². The summed E-state index contributed by atoms with van der Waals surface area (Å²) in [5.41, 5.74) is 2.00. The number of fused-ring (bicyclic) bond motifs is 2. The Hall–Kier alpha value is -2.37. The minimum Gasteiger partial charge on any atom is -0.361 e. The van der Waals surface area contributed by atoms with Gasteiger partial charge in [0.25, 0.3) is 0 Å². The fourth-order valence-corrected chi connectivity index (χ4v) is 3.92. The van der Waals surface area contributed by atoms with Gasteiger partial charge in [-0.25, -0.2) is 13.9 Å². The van der Waals surface area contributed by atoms with Crippen molar-refractivity contribution in [1.29, 1.82) is 0 Å². The first-order valence-electron chi connectivity index (χ1n) is 10.5. The number of halogens is 2. The summed E-state index contributed by atoms with van der Waals surface area (Å²) in [6.45, 7) is 2.73. The second kappa shape index (κ2) is 10.8. The van der Waals surface area contributed by atoms with E-state index in [0.717, 1.165) is 60.9 Å². The van der Waals surface area contributed by atoms with Crippen LogP contribution in [0.4, 0.5) is 4.39 Å². The zero-order valence-electron chi connectivity index (χ0n) is 17.7. The molecule has 0 aliphatic carbocycles. The van der Waals surface area contributed by atoms with Gasteiger partial charge >= 0.3 is 5.69 Å². The number of aromatic amines is 1. The highest BCUT2D eigenvalue weighted by molar-refractivity contribution is 14.0. The van der Waals surface area contributed by atoms with E-state index in [9.17, 15) is 9.18 Å². The molecule has 0 amide bonds. The van der Waals surface area contributed by atoms with E-state index in [0.29, 0.717) is 25.6 Å². The van der Waals surface area contributed by atoms with Crippen molar-refractivity contribution in [1.82, 2.24) is 30.0 Å². The number of nitrogens with one attached hydrogen (secondary N) is 3. The summed E-state index contributed by atoms with van der Waals surface area (Å²) >= 11 is 0. The molecule has 0 unspecified atom stereocenters. The van der Waals surface area contributed by atoms with Crippen LogP contribution in [0.15, 0.2) is 34.2 Å². The predicted octanol–water partition coefficient (Wildman–Crippen LogP) is 2.42. The number of hydrogen-bond acceptors (Lipinski definition) is 3. The van der Waals surface area contributed by atoms with Crippen molar-refractivity contribution in [2.75, 3.05) is 20.1 Å². The Balaban J connectivity index is 0.00000272. The molecule has 0 radical (unpaired) electrons. The number of aromatic nitrogens is 4. The van der Waals surface area contributed by atoms with Crippen LogP contribution in [0, 0.1) is 5.82 Å². The number of nitrogens with zero attached hydrogens (tertiary/aromatic N) is 4. The third-order valence-electron chi connectivity index (χ3n) is 5.51. The summed E-state index contributed by atoms with van der Waals surface area (Å²) in [4.78, 5) is 19.8. The molecule has 0 saturated heterocycles. The zero-order valence-corrected chi connectivity index (χ0v) is 20.0. The maximum absolute atomic E-state index is 13.5. The molecule has 0 bridgehead atoms. The van der Waals surface area contributed by atoms with Crippen molar-refractivity contribution in [3.8, 4) is 0 Å². The van der Waals surface area contributed by atoms with Gasteiger partial charge in [0.2, 0.25) is 0 Å². The molecule has 10 heteroatoms. The molecule has 3 aromatic rings. The van der Waals surface area contributed by atoms with Crippen molar-refractivity contribution in [2.45, 2.75) is 45.2 Å². The molecule has 4 rings (SSSR count). The molecular weight excluding hydrogens is 512 g/mol. The number of aliphatic imine (C=N–C) groups is 1. The molecule has 0 spiro atoms. The van der Waals surface area contributed by atoms with Crippen LogP contribution in [0.2, 0.25) is 0 Å². The van der Waals surface area contributed by atoms with Crippen molar-refractivity contribution >= 4 is 40.8 Å². The van der Waals surface area contributed by atoms with E-state index < -0.39 is 0 Å². The third-order valence-corrected chi connectivity index (χ3v) is 5.51. The van der Waals surface area contributed by atoms with Gasteiger partial charge in [0.1, 0.15) is 11.6 Å². The smallest absolute Gasteiger partial charge is 0.345 e. The summed E-state index contributed by atoms with van der Waals surface area (Å²) in [6.07, 6.45) is 6.49. The standard InChI is InChI=1S/C21H28FN7O.HI/c1-23-20(25-10-8-15-14-26-18-7-6-16(22)13-17(15)18)24-9-4-12-29-21(30)28-11-3-2-5-19(28)27-29;/h6-7,13-14,26H,2-5,8-12H2,1H3,(H2,23,24,25);1H. The lowest BCUT2D eigenvalue weighted by molar-refractivity contribution is 0.509. The monoisotopic (exact) mass is 541 g/mol. The molecule has 3 heterocycles. The maximum Gasteiger partial charge on any atom is 0.345 e. The number of H-pyrrole nitrogens is 1. The Kier molecular flexibility index (Phi) is 8.10. The molecule has 168 valence electrons. The SMILES string of the molecule is CN=C(NCCCn1nc2n(c1=O)CCCC2)NCCc1c[nH]c2ccc(F)cc12.I. The van der Waals surface area contributed by atoms with Crippen LogP contribution < -0.4 is 16.3 Å². The first-order chi connectivity index (χ1) is 14.7. The Morgan fingerprint density at radius 3 is 2.94 bits per heavy atom. The quantitative estimate of drug-likeness (QED) is 0.186. The molecule has 8 nitrogen and oxygen atoms in total. The summed E-state index contributed by atoms with van der Waals surface area (Å²) in [6, 6.07) is 4.77. The molecule has 1 aliphatic heterocycles. The van der Waals surface area contributed by atoms with E-state index in [-0.39, 0.29) is 35.5 Å². The fourth-order valence-electron chi connectivity index (χ4n) is 3.92. The molecule has 2 aromatic heterocycles. The normalized spacial score (nSPS) is 13.7. The lowest BCUT2D eigenvalue weighted by Gasteiger charge is -2.11. The van der Waals surface area contributed by atoms with Crippen molar-refractivity contribution in [2.24, 2.45) is 4.99 Å². The molecule has 0 atom stereocenters. The van der Waals surface area contributed by atoms with E-state index in [4.69, 9.17) is 0 Å². The van der Waals surface area contributed by atoms with E-state index in [2.05, 4.69) is 25.7 Å². The Morgan fingerprint density at radius 1 is 1.29 bits per heavy atom. The van der Waals surface area contributed by atoms with E-state index in [1.54, 1.807) is 28.4 Å². The van der Waals surface area contributed by atoms with Crippen LogP contribution >= 0.6 is 24.0 Å². The summed E-state index contributed by atoms with van der Waals surface area (Å²) < 4.78 is 16.9. The number of hydrogen-bond donors (Lipinski definition) is 3. The van der Waals surface area contributed by atoms with Gasteiger partial charge in [-0.05, 0) is 49.4 Å². The van der Waals surface area contributed by atoms with Crippen LogP contribution in [0.3, 0.4) is 0 Å². The fraction of sp³-hybridized carbons (Fsp3) is 0.476. The first kappa shape index (κ1) is 23.3. The van der Waals surface area contributed by atoms with Gasteiger partial charge in [-0.3, -0.25) is 9.56 Å².